The number of anilines is 1. The van der Waals surface area contributed by atoms with Gasteiger partial charge in [0.2, 0.25) is 5.28 Å². The lowest BCUT2D eigenvalue weighted by Crippen LogP contribution is -2.28. The van der Waals surface area contributed by atoms with Crippen LogP contribution in [0.4, 0.5) is 5.82 Å². The van der Waals surface area contributed by atoms with Gasteiger partial charge in [-0.25, -0.2) is 9.36 Å². The summed E-state index contributed by atoms with van der Waals surface area (Å²) < 4.78 is 6.06. The summed E-state index contributed by atoms with van der Waals surface area (Å²) in [5, 5.41) is 27.8. The molecule has 4 aromatic rings. The minimum atomic E-state index is -0.927. The highest BCUT2D eigenvalue weighted by Gasteiger charge is 2.43. The number of aliphatic hydroxyl groups excluding tert-OH is 2. The standard InChI is InChI=1S/C21H20ClN5O2S/c1-23-19-14-5-6-27(20(14)26-21(22)25-19)16-8-15(17(28)18(16)29)12-4-2-3-11(7-12)13-9-24-30-10-13/h2-7,9-10,15-18,28-29H,8H2,1H3,(H,23,25,26)/t15-,16-,17-,18+/m1/s1. The summed E-state index contributed by atoms with van der Waals surface area (Å²) in [6.07, 6.45) is 2.47. The minimum Gasteiger partial charge on any atom is -0.390 e. The van der Waals surface area contributed by atoms with Gasteiger partial charge in [0.1, 0.15) is 17.6 Å². The SMILES string of the molecule is CNc1nc(Cl)nc2c1ccn2[C@@H]1C[C@H](c2cccc(-c3cnsc3)c2)[C@@H](O)[C@H]1O. The zero-order valence-electron chi connectivity index (χ0n) is 16.1. The molecule has 0 radical (unpaired) electrons. The zero-order valence-corrected chi connectivity index (χ0v) is 17.7. The molecule has 1 aliphatic carbocycles. The first-order chi connectivity index (χ1) is 14.6. The van der Waals surface area contributed by atoms with Gasteiger partial charge in [0.25, 0.3) is 0 Å². The molecule has 3 aromatic heterocycles. The van der Waals surface area contributed by atoms with Gasteiger partial charge in [-0.05, 0) is 46.7 Å². The number of nitrogens with zero attached hydrogens (tertiary/aromatic N) is 4. The highest BCUT2D eigenvalue weighted by Crippen LogP contribution is 2.43. The molecule has 3 N–H and O–H groups in total. The maximum absolute atomic E-state index is 10.9. The fourth-order valence-corrected chi connectivity index (χ4v) is 5.09. The third-order valence-corrected chi connectivity index (χ3v) is 6.63. The Morgan fingerprint density at radius 3 is 2.80 bits per heavy atom. The van der Waals surface area contributed by atoms with Gasteiger partial charge in [0.15, 0.2) is 0 Å². The third-order valence-electron chi connectivity index (χ3n) is 5.87. The van der Waals surface area contributed by atoms with E-state index in [0.29, 0.717) is 17.9 Å². The highest BCUT2D eigenvalue weighted by atomic mass is 35.5. The summed E-state index contributed by atoms with van der Waals surface area (Å²) >= 11 is 7.51. The number of fused-ring (bicyclic) bond motifs is 1. The van der Waals surface area contributed by atoms with Crippen molar-refractivity contribution >= 4 is 40.0 Å². The average molecular weight is 442 g/mol. The van der Waals surface area contributed by atoms with Crippen LogP contribution in [-0.4, -0.2) is 48.4 Å². The van der Waals surface area contributed by atoms with Crippen LogP contribution in [0.1, 0.15) is 23.9 Å². The number of aromatic nitrogens is 4. The van der Waals surface area contributed by atoms with E-state index in [0.717, 1.165) is 22.1 Å². The first-order valence-electron chi connectivity index (χ1n) is 9.64. The van der Waals surface area contributed by atoms with Gasteiger partial charge < -0.3 is 20.1 Å². The monoisotopic (exact) mass is 441 g/mol. The molecule has 0 saturated heterocycles. The Balaban J connectivity index is 1.51. The molecular weight excluding hydrogens is 422 g/mol. The van der Waals surface area contributed by atoms with Crippen LogP contribution in [0.5, 0.6) is 0 Å². The van der Waals surface area contributed by atoms with Gasteiger partial charge in [-0.1, -0.05) is 24.3 Å². The smallest absolute Gasteiger partial charge is 0.226 e. The highest BCUT2D eigenvalue weighted by molar-refractivity contribution is 7.03. The van der Waals surface area contributed by atoms with E-state index in [1.807, 2.05) is 46.6 Å². The molecular formula is C21H20ClN5O2S. The summed E-state index contributed by atoms with van der Waals surface area (Å²) in [5.74, 6) is 0.431. The predicted molar refractivity (Wildman–Crippen MR) is 118 cm³/mol. The fourth-order valence-electron chi connectivity index (χ4n) is 4.38. The van der Waals surface area contributed by atoms with Gasteiger partial charge in [0, 0.05) is 36.3 Å². The van der Waals surface area contributed by atoms with Crippen LogP contribution >= 0.6 is 23.1 Å². The molecule has 30 heavy (non-hydrogen) atoms. The van der Waals surface area contributed by atoms with Crippen molar-refractivity contribution in [2.24, 2.45) is 0 Å². The van der Waals surface area contributed by atoms with Gasteiger partial charge in [-0.2, -0.15) is 4.98 Å². The van der Waals surface area contributed by atoms with E-state index in [4.69, 9.17) is 11.6 Å². The van der Waals surface area contributed by atoms with E-state index in [2.05, 4.69) is 25.7 Å². The molecule has 5 rings (SSSR count). The molecule has 1 aliphatic rings. The van der Waals surface area contributed by atoms with E-state index >= 15 is 0 Å². The van der Waals surface area contributed by atoms with Crippen molar-refractivity contribution in [2.75, 3.05) is 12.4 Å². The fraction of sp³-hybridized carbons (Fsp3) is 0.286. The second-order valence-corrected chi connectivity index (χ2v) is 8.48. The van der Waals surface area contributed by atoms with Crippen molar-refractivity contribution < 1.29 is 10.2 Å². The second-order valence-electron chi connectivity index (χ2n) is 7.48. The van der Waals surface area contributed by atoms with E-state index in [-0.39, 0.29) is 17.2 Å². The minimum absolute atomic E-state index is 0.133. The molecule has 1 fully saturated rings. The first kappa shape index (κ1) is 19.4. The number of hydrogen-bond acceptors (Lipinski definition) is 7. The van der Waals surface area contributed by atoms with Gasteiger partial charge in [-0.15, -0.1) is 0 Å². The maximum atomic E-state index is 10.9. The van der Waals surface area contributed by atoms with E-state index in [1.165, 1.54) is 11.5 Å². The van der Waals surface area contributed by atoms with Crippen molar-refractivity contribution in [3.8, 4) is 11.1 Å². The van der Waals surface area contributed by atoms with E-state index < -0.39 is 12.2 Å². The maximum Gasteiger partial charge on any atom is 0.226 e. The molecule has 0 spiro atoms. The molecule has 154 valence electrons. The third kappa shape index (κ3) is 3.16. The largest absolute Gasteiger partial charge is 0.390 e. The Morgan fingerprint density at radius 1 is 1.17 bits per heavy atom. The molecule has 9 heteroatoms. The summed E-state index contributed by atoms with van der Waals surface area (Å²) in [6.45, 7) is 0. The number of rotatable bonds is 4. The van der Waals surface area contributed by atoms with Gasteiger partial charge >= 0.3 is 0 Å². The molecule has 0 aliphatic heterocycles. The van der Waals surface area contributed by atoms with Crippen LogP contribution in [0.2, 0.25) is 5.28 Å². The molecule has 0 unspecified atom stereocenters. The summed E-state index contributed by atoms with van der Waals surface area (Å²) in [4.78, 5) is 8.58. The van der Waals surface area contributed by atoms with Crippen LogP contribution in [0, 0.1) is 0 Å². The summed E-state index contributed by atoms with van der Waals surface area (Å²) in [7, 11) is 1.77. The summed E-state index contributed by atoms with van der Waals surface area (Å²) in [6, 6.07) is 9.64. The predicted octanol–water partition coefficient (Wildman–Crippen LogP) is 3.70. The lowest BCUT2D eigenvalue weighted by molar-refractivity contribution is 0.0179. The number of halogens is 1. The van der Waals surface area contributed by atoms with Crippen molar-refractivity contribution in [3.63, 3.8) is 0 Å². The van der Waals surface area contributed by atoms with Crippen LogP contribution in [-0.2, 0) is 0 Å². The number of benzene rings is 1. The number of nitrogens with one attached hydrogen (secondary N) is 1. The molecule has 3 heterocycles. The van der Waals surface area contributed by atoms with Crippen molar-refractivity contribution in [1.29, 1.82) is 0 Å². The Morgan fingerprint density at radius 2 is 2.03 bits per heavy atom. The van der Waals surface area contributed by atoms with Gasteiger partial charge in [0.05, 0.1) is 17.5 Å². The van der Waals surface area contributed by atoms with E-state index in [1.54, 1.807) is 7.05 Å². The Kier molecular flexibility index (Phi) is 4.94. The average Bonchev–Trinajstić information content (AvgIpc) is 3.48. The molecule has 1 aromatic carbocycles. The Bertz CT molecular complexity index is 1200. The van der Waals surface area contributed by atoms with Crippen LogP contribution in [0.25, 0.3) is 22.2 Å². The van der Waals surface area contributed by atoms with Crippen molar-refractivity contribution in [1.82, 2.24) is 18.9 Å². The molecule has 0 amide bonds. The number of hydrogen-bond donors (Lipinski definition) is 3. The van der Waals surface area contributed by atoms with Gasteiger partial charge in [-0.3, -0.25) is 0 Å². The van der Waals surface area contributed by atoms with E-state index in [9.17, 15) is 10.2 Å². The van der Waals surface area contributed by atoms with Crippen molar-refractivity contribution in [3.05, 3.63) is 59.0 Å². The van der Waals surface area contributed by atoms with Crippen LogP contribution < -0.4 is 5.32 Å². The van der Waals surface area contributed by atoms with Crippen LogP contribution in [0.15, 0.2) is 48.1 Å². The summed E-state index contributed by atoms with van der Waals surface area (Å²) in [5.41, 5.74) is 3.73. The number of aliphatic hydroxyl groups is 2. The normalized spacial score (nSPS) is 23.9. The molecule has 0 bridgehead atoms. The zero-order chi connectivity index (χ0) is 20.8. The lowest BCUT2D eigenvalue weighted by Gasteiger charge is -2.19. The Labute approximate surface area is 182 Å². The molecule has 7 nitrogen and oxygen atoms in total. The second kappa shape index (κ2) is 7.63. The first-order valence-corrected chi connectivity index (χ1v) is 10.9. The topological polar surface area (TPSA) is 96.1 Å². The quantitative estimate of drug-likeness (QED) is 0.418. The van der Waals surface area contributed by atoms with Crippen LogP contribution in [0.3, 0.4) is 0 Å². The molecule has 1 saturated carbocycles. The van der Waals surface area contributed by atoms with Crippen molar-refractivity contribution in [2.45, 2.75) is 30.6 Å². The molecule has 4 atom stereocenters. The lowest BCUT2D eigenvalue weighted by atomic mass is 9.93. The Hall–Kier alpha value is -2.52.